The number of rotatable bonds is 7. The maximum Gasteiger partial charge on any atom is 0.471 e. The van der Waals surface area contributed by atoms with Crippen molar-refractivity contribution in [3.63, 3.8) is 0 Å². The fraction of sp³-hybridized carbons (Fsp3) is 0.391. The van der Waals surface area contributed by atoms with E-state index in [0.29, 0.717) is 24.9 Å². The monoisotopic (exact) mass is 572 g/mol. The second-order valence-corrected chi connectivity index (χ2v) is 9.19. The van der Waals surface area contributed by atoms with Crippen molar-refractivity contribution in [1.82, 2.24) is 20.5 Å². The lowest BCUT2D eigenvalue weighted by molar-refractivity contribution is -0.174. The van der Waals surface area contributed by atoms with E-state index < -0.39 is 36.2 Å². The maximum absolute atomic E-state index is 12.8. The smallest absolute Gasteiger partial charge is 0.471 e. The number of carbonyl (C=O) groups excluding carboxylic acids is 2. The second-order valence-electron chi connectivity index (χ2n) is 8.27. The predicted molar refractivity (Wildman–Crippen MR) is 125 cm³/mol. The first-order chi connectivity index (χ1) is 16.9. The van der Waals surface area contributed by atoms with Crippen LogP contribution in [0.1, 0.15) is 41.9 Å². The standard InChI is InChI=1S/C23H24BrF3N4O5/c1-13(29-21(33)23(25,26)27)19(14-4-6-15(24)7-5-14)36-17-8-9-18(28-11-17)20(32)30-16-3-2-10-31(12-16)22(34)35/h4-9,11,13,16,19H,2-3,10,12H2,1H3,(H,29,33)(H,30,32)(H,34,35)/t13?,16-,19?/m0/s1. The quantitative estimate of drug-likeness (QED) is 0.462. The number of halogens is 4. The molecule has 3 amide bonds. The first-order valence-electron chi connectivity index (χ1n) is 11.0. The van der Waals surface area contributed by atoms with Gasteiger partial charge in [0.05, 0.1) is 12.2 Å². The molecule has 1 fully saturated rings. The molecule has 194 valence electrons. The average molecular weight is 573 g/mol. The van der Waals surface area contributed by atoms with Gasteiger partial charge in [0.15, 0.2) is 0 Å². The lowest BCUT2D eigenvalue weighted by atomic mass is 10.0. The third kappa shape index (κ3) is 7.33. The Morgan fingerprint density at radius 3 is 2.47 bits per heavy atom. The van der Waals surface area contributed by atoms with Crippen LogP contribution in [0.5, 0.6) is 5.75 Å². The highest BCUT2D eigenvalue weighted by molar-refractivity contribution is 9.10. The number of pyridine rings is 1. The molecule has 0 aliphatic carbocycles. The molecule has 9 nitrogen and oxygen atoms in total. The summed E-state index contributed by atoms with van der Waals surface area (Å²) in [7, 11) is 0. The van der Waals surface area contributed by atoms with Gasteiger partial charge < -0.3 is 25.4 Å². The lowest BCUT2D eigenvalue weighted by Crippen LogP contribution is -2.49. The molecule has 36 heavy (non-hydrogen) atoms. The van der Waals surface area contributed by atoms with Gasteiger partial charge in [0, 0.05) is 23.6 Å². The van der Waals surface area contributed by atoms with Crippen LogP contribution in [0.2, 0.25) is 0 Å². The molecule has 1 aromatic carbocycles. The van der Waals surface area contributed by atoms with Crippen LogP contribution in [0.15, 0.2) is 47.1 Å². The topological polar surface area (TPSA) is 121 Å². The highest BCUT2D eigenvalue weighted by Crippen LogP contribution is 2.27. The van der Waals surface area contributed by atoms with E-state index in [2.05, 4.69) is 26.2 Å². The van der Waals surface area contributed by atoms with Crippen molar-refractivity contribution in [2.24, 2.45) is 0 Å². The highest BCUT2D eigenvalue weighted by atomic mass is 79.9. The number of nitrogens with one attached hydrogen (secondary N) is 2. The first kappa shape index (κ1) is 27.2. The summed E-state index contributed by atoms with van der Waals surface area (Å²) < 4.78 is 44.9. The van der Waals surface area contributed by atoms with Gasteiger partial charge in [-0.1, -0.05) is 28.1 Å². The van der Waals surface area contributed by atoms with Crippen molar-refractivity contribution >= 4 is 33.8 Å². The summed E-state index contributed by atoms with van der Waals surface area (Å²) in [6.07, 6.45) is -4.58. The third-order valence-corrected chi connectivity index (χ3v) is 6.06. The summed E-state index contributed by atoms with van der Waals surface area (Å²) in [5.74, 6) is -2.41. The van der Waals surface area contributed by atoms with Gasteiger partial charge in [-0.25, -0.2) is 9.78 Å². The number of nitrogens with zero attached hydrogens (tertiary/aromatic N) is 2. The number of carboxylic acid groups (broad SMARTS) is 1. The Hall–Kier alpha value is -3.35. The van der Waals surface area contributed by atoms with Crippen LogP contribution >= 0.6 is 15.9 Å². The molecule has 3 N–H and O–H groups in total. The van der Waals surface area contributed by atoms with Crippen molar-refractivity contribution in [2.75, 3.05) is 13.1 Å². The summed E-state index contributed by atoms with van der Waals surface area (Å²) in [6, 6.07) is 8.08. The molecular formula is C23H24BrF3N4O5. The van der Waals surface area contributed by atoms with Crippen molar-refractivity contribution in [3.8, 4) is 5.75 Å². The average Bonchev–Trinajstić information content (AvgIpc) is 2.83. The molecule has 1 saturated heterocycles. The highest BCUT2D eigenvalue weighted by Gasteiger charge is 2.40. The zero-order valence-corrected chi connectivity index (χ0v) is 20.7. The van der Waals surface area contributed by atoms with Crippen LogP contribution in [0.25, 0.3) is 0 Å². The molecule has 1 aliphatic rings. The van der Waals surface area contributed by atoms with E-state index in [1.165, 1.54) is 30.2 Å². The zero-order chi connectivity index (χ0) is 26.5. The second kappa shape index (κ2) is 11.6. The van der Waals surface area contributed by atoms with Crippen molar-refractivity contribution in [3.05, 3.63) is 58.3 Å². The normalized spacial score (nSPS) is 17.6. The van der Waals surface area contributed by atoms with Crippen LogP contribution < -0.4 is 15.4 Å². The molecule has 0 radical (unpaired) electrons. The fourth-order valence-corrected chi connectivity index (χ4v) is 4.00. The van der Waals surface area contributed by atoms with E-state index in [0.717, 1.165) is 4.47 Å². The molecule has 2 heterocycles. The lowest BCUT2D eigenvalue weighted by Gasteiger charge is -2.31. The number of benzene rings is 1. The van der Waals surface area contributed by atoms with E-state index in [9.17, 15) is 27.6 Å². The number of piperidine rings is 1. The SMILES string of the molecule is CC(NC(=O)C(F)(F)F)C(Oc1ccc(C(=O)N[C@H]2CCCN(C(=O)O)C2)nc1)c1ccc(Br)cc1. The zero-order valence-electron chi connectivity index (χ0n) is 19.1. The minimum atomic E-state index is -5.05. The van der Waals surface area contributed by atoms with Gasteiger partial charge in [-0.2, -0.15) is 13.2 Å². The largest absolute Gasteiger partial charge is 0.482 e. The Kier molecular flexibility index (Phi) is 8.77. The number of alkyl halides is 3. The summed E-state index contributed by atoms with van der Waals surface area (Å²) in [5.41, 5.74) is 0.573. The molecule has 1 aromatic heterocycles. The molecular weight excluding hydrogens is 549 g/mol. The van der Waals surface area contributed by atoms with Gasteiger partial charge in [0.1, 0.15) is 17.5 Å². The Morgan fingerprint density at radius 1 is 1.19 bits per heavy atom. The summed E-state index contributed by atoms with van der Waals surface area (Å²) >= 11 is 3.29. The number of hydrogen-bond acceptors (Lipinski definition) is 5. The van der Waals surface area contributed by atoms with Gasteiger partial charge >= 0.3 is 18.2 Å². The van der Waals surface area contributed by atoms with E-state index in [1.54, 1.807) is 24.3 Å². The molecule has 0 spiro atoms. The summed E-state index contributed by atoms with van der Waals surface area (Å²) in [4.78, 5) is 40.5. The Labute approximate surface area is 213 Å². The number of hydrogen-bond donors (Lipinski definition) is 3. The van der Waals surface area contributed by atoms with E-state index >= 15 is 0 Å². The van der Waals surface area contributed by atoms with Crippen LogP contribution in [-0.2, 0) is 4.79 Å². The molecule has 3 atom stereocenters. The van der Waals surface area contributed by atoms with Crippen molar-refractivity contribution in [1.29, 1.82) is 0 Å². The van der Waals surface area contributed by atoms with Crippen LogP contribution in [0.4, 0.5) is 18.0 Å². The Morgan fingerprint density at radius 2 is 1.89 bits per heavy atom. The minimum Gasteiger partial charge on any atom is -0.482 e. The molecule has 1 aliphatic heterocycles. The number of amides is 3. The molecule has 0 saturated carbocycles. The van der Waals surface area contributed by atoms with Gasteiger partial charge in [-0.3, -0.25) is 9.59 Å². The van der Waals surface area contributed by atoms with Crippen LogP contribution in [0, 0.1) is 0 Å². The van der Waals surface area contributed by atoms with Crippen molar-refractivity contribution < 1.29 is 37.4 Å². The molecule has 3 rings (SSSR count). The number of likely N-dealkylation sites (tertiary alicyclic amines) is 1. The minimum absolute atomic E-state index is 0.0633. The Bertz CT molecular complexity index is 1080. The van der Waals surface area contributed by atoms with Gasteiger partial charge in [0.25, 0.3) is 5.91 Å². The molecule has 0 bridgehead atoms. The number of ether oxygens (including phenoxy) is 1. The Balaban J connectivity index is 1.70. The van der Waals surface area contributed by atoms with E-state index in [1.807, 2.05) is 5.32 Å². The van der Waals surface area contributed by atoms with Crippen LogP contribution in [0.3, 0.4) is 0 Å². The van der Waals surface area contributed by atoms with Gasteiger partial charge in [-0.05, 0) is 49.6 Å². The molecule has 2 unspecified atom stereocenters. The van der Waals surface area contributed by atoms with Gasteiger partial charge in [-0.15, -0.1) is 0 Å². The predicted octanol–water partition coefficient (Wildman–Crippen LogP) is 3.90. The third-order valence-electron chi connectivity index (χ3n) is 5.53. The van der Waals surface area contributed by atoms with E-state index in [4.69, 9.17) is 9.84 Å². The number of aromatic nitrogens is 1. The molecule has 13 heteroatoms. The maximum atomic E-state index is 12.8. The van der Waals surface area contributed by atoms with E-state index in [-0.39, 0.29) is 24.0 Å². The molecule has 2 aromatic rings. The number of carbonyl (C=O) groups is 3. The van der Waals surface area contributed by atoms with Gasteiger partial charge in [0.2, 0.25) is 0 Å². The summed E-state index contributed by atoms with van der Waals surface area (Å²) in [5, 5.41) is 13.8. The summed E-state index contributed by atoms with van der Waals surface area (Å²) in [6.45, 7) is 1.97. The fourth-order valence-electron chi connectivity index (χ4n) is 3.73. The first-order valence-corrected chi connectivity index (χ1v) is 11.8. The van der Waals surface area contributed by atoms with Crippen LogP contribution in [-0.4, -0.2) is 64.2 Å². The van der Waals surface area contributed by atoms with Crippen molar-refractivity contribution in [2.45, 2.75) is 44.1 Å².